The molecule has 0 saturated carbocycles. The summed E-state index contributed by atoms with van der Waals surface area (Å²) in [4.78, 5) is 34.0. The highest BCUT2D eigenvalue weighted by Gasteiger charge is 2.52. The number of benzene rings is 3. The second-order valence-corrected chi connectivity index (χ2v) is 14.1. The molecule has 2 amide bonds. The normalized spacial score (nSPS) is 24.6. The minimum absolute atomic E-state index is 0.0961. The molecule has 0 radical (unpaired) electrons. The molecule has 1 N–H and O–H groups in total. The van der Waals surface area contributed by atoms with E-state index in [0.717, 1.165) is 78.6 Å². The average Bonchev–Trinajstić information content (AvgIpc) is 3.18. The summed E-state index contributed by atoms with van der Waals surface area (Å²) >= 11 is 0. The zero-order valence-electron chi connectivity index (χ0n) is 24.0. The molecule has 3 aliphatic rings. The van der Waals surface area contributed by atoms with Gasteiger partial charge in [-0.2, -0.15) is 0 Å². The number of amides is 2. The Balaban J connectivity index is 1.13. The molecule has 0 aromatic heterocycles. The van der Waals surface area contributed by atoms with Crippen molar-refractivity contribution in [3.05, 3.63) is 60.2 Å². The van der Waals surface area contributed by atoms with Crippen LogP contribution in [0.1, 0.15) is 49.4 Å². The smallest absolute Gasteiger partial charge is 0.255 e. The number of nitrogens with one attached hydrogen (secondary N) is 1. The van der Waals surface area contributed by atoms with Gasteiger partial charge in [0.25, 0.3) is 5.91 Å². The molecule has 3 aliphatic heterocycles. The Morgan fingerprint density at radius 1 is 1.00 bits per heavy atom. The van der Waals surface area contributed by atoms with Crippen LogP contribution in [-0.2, 0) is 14.8 Å². The molecule has 3 aromatic rings. The number of carbonyl (C=O) groups is 2. The van der Waals surface area contributed by atoms with Crippen molar-refractivity contribution in [1.29, 1.82) is 0 Å². The van der Waals surface area contributed by atoms with Gasteiger partial charge in [-0.05, 0) is 73.2 Å². The first-order valence-corrected chi connectivity index (χ1v) is 16.7. The topological polar surface area (TPSA) is 90.0 Å². The molecule has 2 atom stereocenters. The number of fused-ring (bicyclic) bond motifs is 2. The third-order valence-electron chi connectivity index (χ3n) is 9.51. The van der Waals surface area contributed by atoms with Gasteiger partial charge in [0.05, 0.1) is 17.2 Å². The molecule has 6 rings (SSSR count). The van der Waals surface area contributed by atoms with Gasteiger partial charge in [0, 0.05) is 44.8 Å². The largest absolute Gasteiger partial charge is 0.338 e. The number of sulfonamides is 1. The molecule has 8 nitrogen and oxygen atoms in total. The Morgan fingerprint density at radius 3 is 2.27 bits per heavy atom. The highest BCUT2D eigenvalue weighted by Crippen LogP contribution is 2.44. The molecule has 1 spiro atoms. The molecular formula is C32H40N4O4S. The minimum atomic E-state index is -3.28. The molecule has 9 heteroatoms. The van der Waals surface area contributed by atoms with Crippen molar-refractivity contribution in [3.8, 4) is 0 Å². The molecule has 3 saturated heterocycles. The van der Waals surface area contributed by atoms with E-state index in [1.807, 2.05) is 34.1 Å². The second-order valence-electron chi connectivity index (χ2n) is 12.3. The van der Waals surface area contributed by atoms with Crippen LogP contribution in [0.4, 0.5) is 0 Å². The Kier molecular flexibility index (Phi) is 7.55. The summed E-state index contributed by atoms with van der Waals surface area (Å²) in [6, 6.07) is 18.9. The van der Waals surface area contributed by atoms with Crippen molar-refractivity contribution in [2.75, 3.05) is 45.5 Å². The highest BCUT2D eigenvalue weighted by atomic mass is 32.2. The van der Waals surface area contributed by atoms with Gasteiger partial charge >= 0.3 is 0 Å². The molecule has 41 heavy (non-hydrogen) atoms. The lowest BCUT2D eigenvalue weighted by Crippen LogP contribution is -2.54. The van der Waals surface area contributed by atoms with Crippen molar-refractivity contribution in [2.45, 2.75) is 51.1 Å². The van der Waals surface area contributed by atoms with E-state index in [1.165, 1.54) is 0 Å². The number of hydrogen-bond acceptors (Lipinski definition) is 5. The number of rotatable bonds is 6. The summed E-state index contributed by atoms with van der Waals surface area (Å²) < 4.78 is 25.5. The van der Waals surface area contributed by atoms with Gasteiger partial charge in [-0.1, -0.05) is 48.5 Å². The van der Waals surface area contributed by atoms with Crippen LogP contribution >= 0.6 is 0 Å². The first-order valence-electron chi connectivity index (χ1n) is 14.8. The predicted molar refractivity (Wildman–Crippen MR) is 162 cm³/mol. The van der Waals surface area contributed by atoms with Gasteiger partial charge in [-0.25, -0.2) is 13.1 Å². The third-order valence-corrected chi connectivity index (χ3v) is 10.2. The maximum Gasteiger partial charge on any atom is 0.255 e. The summed E-state index contributed by atoms with van der Waals surface area (Å²) in [5.41, 5.74) is 0.405. The molecule has 3 aromatic carbocycles. The van der Waals surface area contributed by atoms with Gasteiger partial charge in [-0.3, -0.25) is 14.5 Å². The third kappa shape index (κ3) is 5.47. The quantitative estimate of drug-likeness (QED) is 0.451. The number of nitrogens with zero attached hydrogens (tertiary/aromatic N) is 3. The lowest BCUT2D eigenvalue weighted by molar-refractivity contribution is -0.140. The monoisotopic (exact) mass is 576 g/mol. The number of hydrogen-bond donors (Lipinski definition) is 1. The molecular weight excluding hydrogens is 536 g/mol. The maximum atomic E-state index is 14.0. The van der Waals surface area contributed by atoms with Crippen LogP contribution in [0, 0.1) is 5.41 Å². The minimum Gasteiger partial charge on any atom is -0.338 e. The number of carbonyl (C=O) groups excluding carboxylic acids is 2. The summed E-state index contributed by atoms with van der Waals surface area (Å²) in [7, 11) is -3.28. The van der Waals surface area contributed by atoms with E-state index in [9.17, 15) is 18.0 Å². The SMILES string of the molecule is CC1CC2(CCCN(C3CCN(C(=O)c4c5ccccc5cc5ccccc45)CC3)C2)C(=O)N1CCNS(C)(=O)=O. The van der Waals surface area contributed by atoms with E-state index in [1.54, 1.807) is 0 Å². The number of piperidine rings is 2. The van der Waals surface area contributed by atoms with Gasteiger partial charge in [-0.15, -0.1) is 0 Å². The van der Waals surface area contributed by atoms with Crippen molar-refractivity contribution in [2.24, 2.45) is 5.41 Å². The van der Waals surface area contributed by atoms with Crippen molar-refractivity contribution in [3.63, 3.8) is 0 Å². The fourth-order valence-corrected chi connectivity index (χ4v) is 8.06. The average molecular weight is 577 g/mol. The van der Waals surface area contributed by atoms with E-state index in [2.05, 4.69) is 46.9 Å². The molecule has 218 valence electrons. The lowest BCUT2D eigenvalue weighted by Gasteiger charge is -2.45. The molecule has 0 aliphatic carbocycles. The van der Waals surface area contributed by atoms with Crippen molar-refractivity contribution < 1.29 is 18.0 Å². The van der Waals surface area contributed by atoms with Crippen LogP contribution in [0.2, 0.25) is 0 Å². The van der Waals surface area contributed by atoms with Gasteiger partial charge < -0.3 is 9.80 Å². The fraction of sp³-hybridized carbons (Fsp3) is 0.500. The molecule has 3 fully saturated rings. The Labute approximate surface area is 242 Å². The highest BCUT2D eigenvalue weighted by molar-refractivity contribution is 7.88. The lowest BCUT2D eigenvalue weighted by atomic mass is 9.76. The van der Waals surface area contributed by atoms with E-state index >= 15 is 0 Å². The van der Waals surface area contributed by atoms with E-state index in [4.69, 9.17) is 0 Å². The van der Waals surface area contributed by atoms with E-state index < -0.39 is 15.4 Å². The molecule has 0 bridgehead atoms. The van der Waals surface area contributed by atoms with Crippen LogP contribution in [0.5, 0.6) is 0 Å². The van der Waals surface area contributed by atoms with E-state index in [0.29, 0.717) is 25.7 Å². The Morgan fingerprint density at radius 2 is 1.63 bits per heavy atom. The molecule has 3 heterocycles. The predicted octanol–water partition coefficient (Wildman–Crippen LogP) is 3.85. The Bertz CT molecular complexity index is 1530. The van der Waals surface area contributed by atoms with Gasteiger partial charge in [0.1, 0.15) is 0 Å². The standard InChI is InChI=1S/C32H40N4O4S/c1-23-21-32(31(38)36(23)19-15-33-41(2,39)40)14-7-16-35(22-32)26-12-17-34(18-13-26)30(37)29-27-10-5-3-8-24(27)20-25-9-4-6-11-28(25)29/h3-6,8-11,20,23,26,33H,7,12-19,21-22H2,1-2H3. The van der Waals surface area contributed by atoms with Crippen molar-refractivity contribution in [1.82, 2.24) is 19.4 Å². The van der Waals surface area contributed by atoms with Crippen LogP contribution in [0.15, 0.2) is 54.6 Å². The van der Waals surface area contributed by atoms with Gasteiger partial charge in [0.2, 0.25) is 15.9 Å². The summed E-state index contributed by atoms with van der Waals surface area (Å²) in [6.07, 6.45) is 5.62. The van der Waals surface area contributed by atoms with Crippen LogP contribution in [0.25, 0.3) is 21.5 Å². The van der Waals surface area contributed by atoms with Crippen LogP contribution in [0.3, 0.4) is 0 Å². The fourth-order valence-electron chi connectivity index (χ4n) is 7.60. The summed E-state index contributed by atoms with van der Waals surface area (Å²) in [6.45, 7) is 5.86. The first-order chi connectivity index (χ1) is 19.7. The summed E-state index contributed by atoms with van der Waals surface area (Å²) in [5.74, 6) is 0.269. The van der Waals surface area contributed by atoms with Crippen LogP contribution < -0.4 is 4.72 Å². The summed E-state index contributed by atoms with van der Waals surface area (Å²) in [5, 5.41) is 4.17. The van der Waals surface area contributed by atoms with Crippen molar-refractivity contribution >= 4 is 43.4 Å². The second kappa shape index (κ2) is 11.0. The maximum absolute atomic E-state index is 14.0. The number of likely N-dealkylation sites (tertiary alicyclic amines) is 3. The van der Waals surface area contributed by atoms with Gasteiger partial charge in [0.15, 0.2) is 0 Å². The Hall–Kier alpha value is -3.01. The first kappa shape index (κ1) is 28.1. The van der Waals surface area contributed by atoms with E-state index in [-0.39, 0.29) is 24.4 Å². The zero-order valence-corrected chi connectivity index (χ0v) is 24.8. The zero-order chi connectivity index (χ0) is 28.8. The van der Waals surface area contributed by atoms with Crippen LogP contribution in [-0.4, -0.2) is 92.5 Å². The molecule has 2 unspecified atom stereocenters.